The standard InChI is InChI=1S/C9H15NO3/c1-5(2)9(6(3)4)7(11)13-8(12)10-9/h5-6H,1-4H3,(H,10,12). The Morgan fingerprint density at radius 1 is 1.15 bits per heavy atom. The van der Waals surface area contributed by atoms with Gasteiger partial charge in [-0.1, -0.05) is 27.7 Å². The van der Waals surface area contributed by atoms with E-state index in [0.717, 1.165) is 0 Å². The first kappa shape index (κ1) is 10.0. The molecule has 1 fully saturated rings. The number of hydrogen-bond donors (Lipinski definition) is 1. The first-order valence-corrected chi connectivity index (χ1v) is 4.45. The van der Waals surface area contributed by atoms with Crippen LogP contribution in [0.3, 0.4) is 0 Å². The van der Waals surface area contributed by atoms with Crippen molar-refractivity contribution in [1.82, 2.24) is 5.32 Å². The summed E-state index contributed by atoms with van der Waals surface area (Å²) in [5.41, 5.74) is -0.836. The van der Waals surface area contributed by atoms with Crippen LogP contribution in [-0.2, 0) is 9.53 Å². The van der Waals surface area contributed by atoms with Crippen LogP contribution in [0.5, 0.6) is 0 Å². The van der Waals surface area contributed by atoms with E-state index in [1.807, 2.05) is 27.7 Å². The first-order chi connectivity index (χ1) is 5.91. The van der Waals surface area contributed by atoms with Gasteiger partial charge < -0.3 is 10.1 Å². The second kappa shape index (κ2) is 3.01. The normalized spacial score (nSPS) is 20.8. The molecule has 1 saturated heterocycles. The molecule has 0 aromatic carbocycles. The van der Waals surface area contributed by atoms with E-state index in [9.17, 15) is 9.59 Å². The molecule has 1 aliphatic rings. The Morgan fingerprint density at radius 2 is 1.62 bits per heavy atom. The van der Waals surface area contributed by atoms with Gasteiger partial charge in [0.2, 0.25) is 0 Å². The van der Waals surface area contributed by atoms with E-state index in [1.165, 1.54) is 0 Å². The predicted octanol–water partition coefficient (Wildman–Crippen LogP) is 1.30. The van der Waals surface area contributed by atoms with Crippen molar-refractivity contribution in [3.8, 4) is 0 Å². The molecule has 1 amide bonds. The van der Waals surface area contributed by atoms with Gasteiger partial charge >= 0.3 is 12.1 Å². The molecular weight excluding hydrogens is 170 g/mol. The summed E-state index contributed by atoms with van der Waals surface area (Å²) in [5.74, 6) is -0.389. The van der Waals surface area contributed by atoms with Gasteiger partial charge in [0, 0.05) is 0 Å². The Labute approximate surface area is 77.6 Å². The highest BCUT2D eigenvalue weighted by Crippen LogP contribution is 2.31. The fourth-order valence-corrected chi connectivity index (χ4v) is 1.84. The molecule has 13 heavy (non-hydrogen) atoms. The van der Waals surface area contributed by atoms with Crippen molar-refractivity contribution in [2.24, 2.45) is 11.8 Å². The lowest BCUT2D eigenvalue weighted by molar-refractivity contribution is -0.142. The third-order valence-corrected chi connectivity index (χ3v) is 2.65. The number of carbonyl (C=O) groups excluding carboxylic acids is 2. The lowest BCUT2D eigenvalue weighted by Crippen LogP contribution is -2.55. The summed E-state index contributed by atoms with van der Waals surface area (Å²) in [6.45, 7) is 7.58. The molecule has 0 radical (unpaired) electrons. The molecular formula is C9H15NO3. The van der Waals surface area contributed by atoms with Crippen molar-refractivity contribution in [2.75, 3.05) is 0 Å². The van der Waals surface area contributed by atoms with Gasteiger partial charge in [0.25, 0.3) is 0 Å². The van der Waals surface area contributed by atoms with E-state index in [4.69, 9.17) is 0 Å². The lowest BCUT2D eigenvalue weighted by Gasteiger charge is -2.32. The van der Waals surface area contributed by atoms with Crippen LogP contribution in [0.15, 0.2) is 0 Å². The summed E-state index contributed by atoms with van der Waals surface area (Å²) in [6.07, 6.45) is -0.632. The molecule has 1 aliphatic heterocycles. The maximum atomic E-state index is 11.5. The Morgan fingerprint density at radius 3 is 1.77 bits per heavy atom. The fraction of sp³-hybridized carbons (Fsp3) is 0.778. The number of hydrogen-bond acceptors (Lipinski definition) is 3. The minimum absolute atomic E-state index is 0.0337. The van der Waals surface area contributed by atoms with Crippen molar-refractivity contribution in [3.63, 3.8) is 0 Å². The number of ether oxygens (including phenoxy) is 1. The molecule has 0 saturated carbocycles. The van der Waals surface area contributed by atoms with Gasteiger partial charge in [0.05, 0.1) is 0 Å². The van der Waals surface area contributed by atoms with E-state index in [0.29, 0.717) is 0 Å². The number of cyclic esters (lactones) is 2. The second-order valence-corrected chi connectivity index (χ2v) is 3.98. The minimum atomic E-state index is -0.836. The van der Waals surface area contributed by atoms with Crippen LogP contribution in [0.25, 0.3) is 0 Å². The summed E-state index contributed by atoms with van der Waals surface area (Å²) >= 11 is 0. The van der Waals surface area contributed by atoms with Gasteiger partial charge in [-0.15, -0.1) is 0 Å². The highest BCUT2D eigenvalue weighted by Gasteiger charge is 2.53. The van der Waals surface area contributed by atoms with Crippen molar-refractivity contribution in [1.29, 1.82) is 0 Å². The molecule has 4 heteroatoms. The van der Waals surface area contributed by atoms with E-state index in [1.54, 1.807) is 0 Å². The van der Waals surface area contributed by atoms with Crippen LogP contribution >= 0.6 is 0 Å². The Balaban J connectivity index is 3.05. The zero-order valence-corrected chi connectivity index (χ0v) is 8.38. The molecule has 0 atom stereocenters. The molecule has 74 valence electrons. The van der Waals surface area contributed by atoms with Gasteiger partial charge in [-0.3, -0.25) is 0 Å². The predicted molar refractivity (Wildman–Crippen MR) is 47.0 cm³/mol. The SMILES string of the molecule is CC(C)C1(C(C)C)NC(=O)OC1=O. The van der Waals surface area contributed by atoms with Gasteiger partial charge in [0.15, 0.2) is 0 Å². The molecule has 0 spiro atoms. The molecule has 0 aliphatic carbocycles. The van der Waals surface area contributed by atoms with Crippen LogP contribution < -0.4 is 5.32 Å². The summed E-state index contributed by atoms with van der Waals surface area (Å²) in [6, 6.07) is 0. The van der Waals surface area contributed by atoms with E-state index < -0.39 is 17.6 Å². The summed E-state index contributed by atoms with van der Waals surface area (Å²) in [4.78, 5) is 22.4. The highest BCUT2D eigenvalue weighted by molar-refractivity contribution is 5.99. The molecule has 1 rings (SSSR count). The smallest absolute Gasteiger partial charge is 0.374 e. The summed E-state index contributed by atoms with van der Waals surface area (Å²) < 4.78 is 4.51. The number of esters is 1. The van der Waals surface area contributed by atoms with Crippen molar-refractivity contribution in [2.45, 2.75) is 33.2 Å². The number of amides is 1. The Hall–Kier alpha value is -1.06. The number of alkyl carbamates (subject to hydrolysis) is 1. The Kier molecular flexibility index (Phi) is 2.32. The highest BCUT2D eigenvalue weighted by atomic mass is 16.6. The summed E-state index contributed by atoms with van der Waals surface area (Å²) in [7, 11) is 0. The van der Waals surface area contributed by atoms with Crippen molar-refractivity contribution < 1.29 is 14.3 Å². The topological polar surface area (TPSA) is 55.4 Å². The number of carbonyl (C=O) groups is 2. The molecule has 4 nitrogen and oxygen atoms in total. The van der Waals surface area contributed by atoms with Crippen molar-refractivity contribution >= 4 is 12.1 Å². The molecule has 0 aromatic heterocycles. The molecule has 1 N–H and O–H groups in total. The van der Waals surface area contributed by atoms with Crippen LogP contribution in [-0.4, -0.2) is 17.6 Å². The minimum Gasteiger partial charge on any atom is -0.374 e. The van der Waals surface area contributed by atoms with Crippen molar-refractivity contribution in [3.05, 3.63) is 0 Å². The van der Waals surface area contributed by atoms with Crippen LogP contribution in [0.1, 0.15) is 27.7 Å². The second-order valence-electron chi connectivity index (χ2n) is 3.98. The average molecular weight is 185 g/mol. The van der Waals surface area contributed by atoms with Crippen LogP contribution in [0.4, 0.5) is 4.79 Å². The third-order valence-electron chi connectivity index (χ3n) is 2.65. The van der Waals surface area contributed by atoms with Crippen LogP contribution in [0, 0.1) is 11.8 Å². The zero-order valence-electron chi connectivity index (χ0n) is 8.38. The van der Waals surface area contributed by atoms with Gasteiger partial charge in [0.1, 0.15) is 5.54 Å². The monoisotopic (exact) mass is 185 g/mol. The first-order valence-electron chi connectivity index (χ1n) is 4.45. The van der Waals surface area contributed by atoms with Gasteiger partial charge in [-0.05, 0) is 11.8 Å². The zero-order chi connectivity index (χ0) is 10.2. The molecule has 1 heterocycles. The third kappa shape index (κ3) is 1.30. The molecule has 0 unspecified atom stereocenters. The maximum absolute atomic E-state index is 11.5. The lowest BCUT2D eigenvalue weighted by atomic mass is 9.77. The number of rotatable bonds is 2. The maximum Gasteiger partial charge on any atom is 0.415 e. The van der Waals surface area contributed by atoms with Crippen LogP contribution in [0.2, 0.25) is 0 Å². The molecule has 0 aromatic rings. The quantitative estimate of drug-likeness (QED) is 0.521. The molecule has 0 bridgehead atoms. The average Bonchev–Trinajstić information content (AvgIpc) is 2.26. The largest absolute Gasteiger partial charge is 0.415 e. The van der Waals surface area contributed by atoms with Gasteiger partial charge in [-0.25, -0.2) is 9.59 Å². The fourth-order valence-electron chi connectivity index (χ4n) is 1.84. The van der Waals surface area contributed by atoms with E-state index in [-0.39, 0.29) is 11.8 Å². The van der Waals surface area contributed by atoms with Gasteiger partial charge in [-0.2, -0.15) is 0 Å². The van der Waals surface area contributed by atoms with E-state index >= 15 is 0 Å². The van der Waals surface area contributed by atoms with E-state index in [2.05, 4.69) is 10.1 Å². The Bertz CT molecular complexity index is 237. The number of nitrogens with one attached hydrogen (secondary N) is 1. The summed E-state index contributed by atoms with van der Waals surface area (Å²) in [5, 5.41) is 2.61.